The van der Waals surface area contributed by atoms with E-state index < -0.39 is 6.10 Å². The van der Waals surface area contributed by atoms with Gasteiger partial charge in [-0.15, -0.1) is 0 Å². The lowest BCUT2D eigenvalue weighted by atomic mass is 10.1. The number of nitrogens with one attached hydrogen (secondary N) is 1. The number of hydrogen-bond acceptors (Lipinski definition) is 4. The van der Waals surface area contributed by atoms with Crippen molar-refractivity contribution in [3.05, 3.63) is 48.0 Å². The van der Waals surface area contributed by atoms with Crippen LogP contribution in [0.3, 0.4) is 0 Å². The van der Waals surface area contributed by atoms with E-state index in [0.29, 0.717) is 37.4 Å². The number of carbonyl (C=O) groups is 2. The fourth-order valence-corrected chi connectivity index (χ4v) is 3.10. The van der Waals surface area contributed by atoms with E-state index in [1.165, 1.54) is 5.56 Å². The highest BCUT2D eigenvalue weighted by Gasteiger charge is 2.30. The van der Waals surface area contributed by atoms with Crippen molar-refractivity contribution in [1.29, 1.82) is 0 Å². The normalized spacial score (nSPS) is 15.6. The van der Waals surface area contributed by atoms with E-state index in [9.17, 15) is 9.59 Å². The predicted molar refractivity (Wildman–Crippen MR) is 109 cm³/mol. The van der Waals surface area contributed by atoms with Crippen LogP contribution >= 0.6 is 0 Å². The molecule has 0 spiro atoms. The van der Waals surface area contributed by atoms with Crippen LogP contribution in [0.1, 0.15) is 32.3 Å². The first-order chi connectivity index (χ1) is 13.5. The molecule has 2 amide bonds. The fraction of sp³-hybridized carbons (Fsp3) is 0.364. The number of benzene rings is 2. The number of amides is 2. The number of nitrogens with zero attached hydrogens (tertiary/aromatic N) is 1. The Morgan fingerprint density at radius 3 is 2.68 bits per heavy atom. The number of aryl methyl sites for hydroxylation is 1. The lowest BCUT2D eigenvalue weighted by Gasteiger charge is -2.32. The molecule has 0 bridgehead atoms. The Hall–Kier alpha value is -3.02. The van der Waals surface area contributed by atoms with Gasteiger partial charge in [0, 0.05) is 24.7 Å². The van der Waals surface area contributed by atoms with Gasteiger partial charge in [-0.3, -0.25) is 9.59 Å². The van der Waals surface area contributed by atoms with Gasteiger partial charge >= 0.3 is 0 Å². The maximum atomic E-state index is 12.2. The second kappa shape index (κ2) is 8.78. The van der Waals surface area contributed by atoms with Gasteiger partial charge in [0.25, 0.3) is 5.91 Å². The Bertz CT molecular complexity index is 848. The zero-order valence-electron chi connectivity index (χ0n) is 16.5. The number of hydrogen-bond donors (Lipinski definition) is 1. The van der Waals surface area contributed by atoms with Crippen LogP contribution in [0, 0.1) is 6.92 Å². The summed E-state index contributed by atoms with van der Waals surface area (Å²) in [6.45, 7) is 6.74. The summed E-state index contributed by atoms with van der Waals surface area (Å²) >= 11 is 0. The van der Waals surface area contributed by atoms with Gasteiger partial charge in [0.05, 0.1) is 12.3 Å². The molecule has 0 saturated carbocycles. The maximum Gasteiger partial charge on any atom is 0.267 e. The summed E-state index contributed by atoms with van der Waals surface area (Å²) in [4.78, 5) is 26.1. The van der Waals surface area contributed by atoms with Crippen molar-refractivity contribution in [2.45, 2.75) is 39.7 Å². The quantitative estimate of drug-likeness (QED) is 0.737. The molecule has 1 atom stereocenters. The van der Waals surface area contributed by atoms with Crippen LogP contribution in [-0.2, 0) is 9.59 Å². The Kier molecular flexibility index (Phi) is 6.19. The smallest absolute Gasteiger partial charge is 0.267 e. The summed E-state index contributed by atoms with van der Waals surface area (Å²) in [6, 6.07) is 13.2. The molecule has 1 aliphatic heterocycles. The molecule has 1 unspecified atom stereocenters. The van der Waals surface area contributed by atoms with E-state index in [0.717, 1.165) is 11.4 Å². The molecule has 6 nitrogen and oxygen atoms in total. The summed E-state index contributed by atoms with van der Waals surface area (Å²) in [5.74, 6) is 1.27. The van der Waals surface area contributed by atoms with Gasteiger partial charge in [-0.1, -0.05) is 17.7 Å². The molecule has 2 aromatic carbocycles. The topological polar surface area (TPSA) is 67.9 Å². The van der Waals surface area contributed by atoms with Crippen molar-refractivity contribution in [1.82, 2.24) is 0 Å². The zero-order valence-corrected chi connectivity index (χ0v) is 16.5. The average molecular weight is 382 g/mol. The van der Waals surface area contributed by atoms with Crippen LogP contribution in [0.25, 0.3) is 0 Å². The molecule has 0 fully saturated rings. The van der Waals surface area contributed by atoms with E-state index >= 15 is 0 Å². The molecule has 0 aliphatic carbocycles. The molecule has 0 radical (unpaired) electrons. The molecule has 1 heterocycles. The Morgan fingerprint density at radius 1 is 1.21 bits per heavy atom. The van der Waals surface area contributed by atoms with E-state index in [1.807, 2.05) is 38.1 Å². The predicted octanol–water partition coefficient (Wildman–Crippen LogP) is 3.93. The first-order valence-electron chi connectivity index (χ1n) is 9.59. The SMILES string of the molecule is CCN1C(=O)C(C)Oc2cc(NC(=O)CCCOc3ccc(C)cc3)ccc21. The molecule has 2 aromatic rings. The highest BCUT2D eigenvalue weighted by Crippen LogP contribution is 2.36. The summed E-state index contributed by atoms with van der Waals surface area (Å²) in [6.07, 6.45) is 0.452. The van der Waals surface area contributed by atoms with E-state index in [4.69, 9.17) is 9.47 Å². The van der Waals surface area contributed by atoms with Gasteiger partial charge in [-0.05, 0) is 51.5 Å². The number of rotatable bonds is 7. The Labute approximate surface area is 165 Å². The largest absolute Gasteiger partial charge is 0.494 e. The molecular weight excluding hydrogens is 356 g/mol. The van der Waals surface area contributed by atoms with E-state index in [-0.39, 0.29) is 11.8 Å². The third kappa shape index (κ3) is 4.63. The minimum atomic E-state index is -0.530. The van der Waals surface area contributed by atoms with Crippen LogP contribution in [0.2, 0.25) is 0 Å². The van der Waals surface area contributed by atoms with Gasteiger partial charge < -0.3 is 19.7 Å². The Balaban J connectivity index is 1.51. The van der Waals surface area contributed by atoms with Crippen LogP contribution in [0.5, 0.6) is 11.5 Å². The fourth-order valence-electron chi connectivity index (χ4n) is 3.10. The van der Waals surface area contributed by atoms with Crippen LogP contribution in [0.15, 0.2) is 42.5 Å². The Morgan fingerprint density at radius 2 is 1.96 bits per heavy atom. The highest BCUT2D eigenvalue weighted by molar-refractivity contribution is 6.00. The van der Waals surface area contributed by atoms with Crippen LogP contribution in [-0.4, -0.2) is 31.1 Å². The van der Waals surface area contributed by atoms with E-state index in [1.54, 1.807) is 30.0 Å². The van der Waals surface area contributed by atoms with Gasteiger partial charge in [-0.2, -0.15) is 0 Å². The molecule has 1 aliphatic rings. The van der Waals surface area contributed by atoms with Crippen molar-refractivity contribution in [3.8, 4) is 11.5 Å². The van der Waals surface area contributed by atoms with Crippen molar-refractivity contribution >= 4 is 23.2 Å². The standard InChI is InChI=1S/C22H26N2O4/c1-4-24-19-12-9-17(14-20(19)28-16(3)22(24)26)23-21(25)6-5-13-27-18-10-7-15(2)8-11-18/h7-12,14,16H,4-6,13H2,1-3H3,(H,23,25). The molecule has 0 aromatic heterocycles. The van der Waals surface area contributed by atoms with Crippen molar-refractivity contribution in [3.63, 3.8) is 0 Å². The van der Waals surface area contributed by atoms with E-state index in [2.05, 4.69) is 5.32 Å². The minimum absolute atomic E-state index is 0.0552. The molecule has 1 N–H and O–H groups in total. The second-order valence-corrected chi connectivity index (χ2v) is 6.84. The van der Waals surface area contributed by atoms with Crippen molar-refractivity contribution < 1.29 is 19.1 Å². The second-order valence-electron chi connectivity index (χ2n) is 6.84. The first kappa shape index (κ1) is 19.7. The first-order valence-corrected chi connectivity index (χ1v) is 9.59. The van der Waals surface area contributed by atoms with Gasteiger partial charge in [-0.25, -0.2) is 0 Å². The highest BCUT2D eigenvalue weighted by atomic mass is 16.5. The summed E-state index contributed by atoms with van der Waals surface area (Å²) in [5, 5.41) is 2.88. The molecule has 148 valence electrons. The third-order valence-corrected chi connectivity index (χ3v) is 4.61. The monoisotopic (exact) mass is 382 g/mol. The van der Waals surface area contributed by atoms with Crippen molar-refractivity contribution in [2.24, 2.45) is 0 Å². The number of carbonyl (C=O) groups excluding carboxylic acids is 2. The van der Waals surface area contributed by atoms with Gasteiger partial charge in [0.1, 0.15) is 11.5 Å². The summed E-state index contributed by atoms with van der Waals surface area (Å²) < 4.78 is 11.3. The number of ether oxygens (including phenoxy) is 2. The molecule has 28 heavy (non-hydrogen) atoms. The minimum Gasteiger partial charge on any atom is -0.494 e. The average Bonchev–Trinajstić information content (AvgIpc) is 2.68. The summed E-state index contributed by atoms with van der Waals surface area (Å²) in [7, 11) is 0. The van der Waals surface area contributed by atoms with Gasteiger partial charge in [0.2, 0.25) is 5.91 Å². The molecular formula is C22H26N2O4. The zero-order chi connectivity index (χ0) is 20.1. The van der Waals surface area contributed by atoms with Gasteiger partial charge in [0.15, 0.2) is 6.10 Å². The van der Waals surface area contributed by atoms with Crippen LogP contribution < -0.4 is 19.7 Å². The lowest BCUT2D eigenvalue weighted by Crippen LogP contribution is -2.44. The van der Waals surface area contributed by atoms with Crippen molar-refractivity contribution in [2.75, 3.05) is 23.4 Å². The molecule has 0 saturated heterocycles. The number of fused-ring (bicyclic) bond motifs is 1. The summed E-state index contributed by atoms with van der Waals surface area (Å²) in [5.41, 5.74) is 2.57. The lowest BCUT2D eigenvalue weighted by molar-refractivity contribution is -0.125. The number of likely N-dealkylation sites (N-methyl/N-ethyl adjacent to an activating group) is 1. The molecule has 6 heteroatoms. The maximum absolute atomic E-state index is 12.2. The van der Waals surface area contributed by atoms with Crippen LogP contribution in [0.4, 0.5) is 11.4 Å². The third-order valence-electron chi connectivity index (χ3n) is 4.61. The number of anilines is 2. The molecule has 3 rings (SSSR count).